The van der Waals surface area contributed by atoms with E-state index in [9.17, 15) is 9.59 Å². The average molecular weight is 235 g/mol. The SMILES string of the molecule is NC(=O)C(=O)N/N=C\c1ccc2c(c1)OCO2. The number of carbonyl (C=O) groups excluding carboxylic acids is 2. The Kier molecular flexibility index (Phi) is 2.91. The van der Waals surface area contributed by atoms with Gasteiger partial charge in [-0.3, -0.25) is 9.59 Å². The number of hydrogen-bond donors (Lipinski definition) is 2. The molecular weight excluding hydrogens is 226 g/mol. The zero-order chi connectivity index (χ0) is 12.3. The van der Waals surface area contributed by atoms with Crippen LogP contribution in [0.5, 0.6) is 11.5 Å². The first kappa shape index (κ1) is 10.9. The van der Waals surface area contributed by atoms with E-state index in [4.69, 9.17) is 15.2 Å². The number of hydrazone groups is 1. The maximum absolute atomic E-state index is 10.8. The lowest BCUT2D eigenvalue weighted by molar-refractivity contribution is -0.137. The van der Waals surface area contributed by atoms with Crippen LogP contribution in [0, 0.1) is 0 Å². The van der Waals surface area contributed by atoms with E-state index in [0.29, 0.717) is 17.1 Å². The van der Waals surface area contributed by atoms with Crippen molar-refractivity contribution in [2.75, 3.05) is 6.79 Å². The van der Waals surface area contributed by atoms with Crippen LogP contribution in [0.15, 0.2) is 23.3 Å². The Bertz CT molecular complexity index is 498. The van der Waals surface area contributed by atoms with Gasteiger partial charge in [-0.05, 0) is 23.8 Å². The molecule has 1 aliphatic rings. The molecule has 1 aromatic carbocycles. The predicted molar refractivity (Wildman–Crippen MR) is 57.5 cm³/mol. The smallest absolute Gasteiger partial charge is 0.329 e. The van der Waals surface area contributed by atoms with Crippen LogP contribution in [-0.4, -0.2) is 24.8 Å². The summed E-state index contributed by atoms with van der Waals surface area (Å²) in [5.74, 6) is -0.798. The van der Waals surface area contributed by atoms with Crippen LogP contribution in [0.2, 0.25) is 0 Å². The summed E-state index contributed by atoms with van der Waals surface area (Å²) in [4.78, 5) is 21.2. The van der Waals surface area contributed by atoms with Crippen molar-refractivity contribution in [2.24, 2.45) is 10.8 Å². The summed E-state index contributed by atoms with van der Waals surface area (Å²) in [7, 11) is 0. The fraction of sp³-hybridized carbons (Fsp3) is 0.100. The molecule has 0 radical (unpaired) electrons. The molecule has 2 rings (SSSR count). The highest BCUT2D eigenvalue weighted by molar-refractivity contribution is 6.34. The number of fused-ring (bicyclic) bond motifs is 1. The third-order valence-corrected chi connectivity index (χ3v) is 2.00. The van der Waals surface area contributed by atoms with Crippen molar-refractivity contribution >= 4 is 18.0 Å². The third-order valence-electron chi connectivity index (χ3n) is 2.00. The number of carbonyl (C=O) groups is 2. The summed E-state index contributed by atoms with van der Waals surface area (Å²) in [6.45, 7) is 0.189. The second kappa shape index (κ2) is 4.52. The Morgan fingerprint density at radius 2 is 2.12 bits per heavy atom. The van der Waals surface area contributed by atoms with Gasteiger partial charge < -0.3 is 15.2 Å². The molecule has 0 saturated carbocycles. The van der Waals surface area contributed by atoms with Crippen molar-refractivity contribution in [1.82, 2.24) is 5.43 Å². The first-order valence-corrected chi connectivity index (χ1v) is 4.69. The van der Waals surface area contributed by atoms with Gasteiger partial charge >= 0.3 is 11.8 Å². The highest BCUT2D eigenvalue weighted by Crippen LogP contribution is 2.31. The standard InChI is InChI=1S/C10H9N3O4/c11-9(14)10(15)13-12-4-6-1-2-7-8(3-6)17-5-16-7/h1-4H,5H2,(H2,11,14)(H,13,15)/b12-4-. The lowest BCUT2D eigenvalue weighted by Gasteiger charge is -1.97. The van der Waals surface area contributed by atoms with Gasteiger partial charge in [-0.15, -0.1) is 0 Å². The van der Waals surface area contributed by atoms with Gasteiger partial charge in [-0.1, -0.05) is 0 Å². The Hall–Kier alpha value is -2.57. The highest BCUT2D eigenvalue weighted by atomic mass is 16.7. The number of nitrogens with one attached hydrogen (secondary N) is 1. The van der Waals surface area contributed by atoms with E-state index in [2.05, 4.69) is 5.10 Å². The molecule has 0 fully saturated rings. The van der Waals surface area contributed by atoms with Crippen molar-refractivity contribution in [1.29, 1.82) is 0 Å². The van der Waals surface area contributed by atoms with Crippen molar-refractivity contribution in [2.45, 2.75) is 0 Å². The number of nitrogens with two attached hydrogens (primary N) is 1. The molecule has 0 aliphatic carbocycles. The molecule has 0 atom stereocenters. The maximum atomic E-state index is 10.8. The van der Waals surface area contributed by atoms with E-state index < -0.39 is 11.8 Å². The van der Waals surface area contributed by atoms with Crippen LogP contribution in [0.4, 0.5) is 0 Å². The average Bonchev–Trinajstić information content (AvgIpc) is 2.75. The molecule has 7 heteroatoms. The van der Waals surface area contributed by atoms with E-state index in [0.717, 1.165) is 0 Å². The van der Waals surface area contributed by atoms with Crippen LogP contribution < -0.4 is 20.6 Å². The minimum Gasteiger partial charge on any atom is -0.454 e. The van der Waals surface area contributed by atoms with Gasteiger partial charge in [-0.2, -0.15) is 5.10 Å². The van der Waals surface area contributed by atoms with E-state index in [1.54, 1.807) is 18.2 Å². The van der Waals surface area contributed by atoms with Gasteiger partial charge in [0.05, 0.1) is 6.21 Å². The number of hydrogen-bond acceptors (Lipinski definition) is 5. The molecular formula is C10H9N3O4. The molecule has 1 aliphatic heterocycles. The number of amides is 2. The summed E-state index contributed by atoms with van der Waals surface area (Å²) < 4.78 is 10.3. The first-order valence-electron chi connectivity index (χ1n) is 4.69. The number of ether oxygens (including phenoxy) is 2. The fourth-order valence-electron chi connectivity index (χ4n) is 1.21. The fourth-order valence-corrected chi connectivity index (χ4v) is 1.21. The van der Waals surface area contributed by atoms with Gasteiger partial charge in [0.1, 0.15) is 0 Å². The molecule has 88 valence electrons. The molecule has 1 heterocycles. The predicted octanol–water partition coefficient (Wildman–Crippen LogP) is -0.649. The van der Waals surface area contributed by atoms with Crippen LogP contribution in [0.3, 0.4) is 0 Å². The summed E-state index contributed by atoms with van der Waals surface area (Å²) in [6.07, 6.45) is 1.36. The molecule has 0 spiro atoms. The van der Waals surface area contributed by atoms with Crippen molar-refractivity contribution < 1.29 is 19.1 Å². The van der Waals surface area contributed by atoms with Crippen molar-refractivity contribution in [3.8, 4) is 11.5 Å². The molecule has 7 nitrogen and oxygen atoms in total. The molecule has 3 N–H and O–H groups in total. The number of primary amides is 1. The van der Waals surface area contributed by atoms with Crippen molar-refractivity contribution in [3.05, 3.63) is 23.8 Å². The second-order valence-corrected chi connectivity index (χ2v) is 3.18. The maximum Gasteiger partial charge on any atom is 0.329 e. The van der Waals surface area contributed by atoms with Crippen LogP contribution in [0.1, 0.15) is 5.56 Å². The summed E-state index contributed by atoms with van der Waals surface area (Å²) in [6, 6.07) is 5.15. The van der Waals surface area contributed by atoms with Gasteiger partial charge in [0.2, 0.25) is 6.79 Å². The Morgan fingerprint density at radius 1 is 1.35 bits per heavy atom. The van der Waals surface area contributed by atoms with Crippen molar-refractivity contribution in [3.63, 3.8) is 0 Å². The molecule has 2 amide bonds. The monoisotopic (exact) mass is 235 g/mol. The number of benzene rings is 1. The Morgan fingerprint density at radius 3 is 2.88 bits per heavy atom. The van der Waals surface area contributed by atoms with Gasteiger partial charge in [0, 0.05) is 0 Å². The van der Waals surface area contributed by atoms with Crippen LogP contribution in [0.25, 0.3) is 0 Å². The normalized spacial score (nSPS) is 12.7. The van der Waals surface area contributed by atoms with E-state index >= 15 is 0 Å². The molecule has 0 unspecified atom stereocenters. The second-order valence-electron chi connectivity index (χ2n) is 3.18. The van der Waals surface area contributed by atoms with E-state index in [-0.39, 0.29) is 6.79 Å². The zero-order valence-electron chi connectivity index (χ0n) is 8.67. The minimum absolute atomic E-state index is 0.189. The summed E-state index contributed by atoms with van der Waals surface area (Å²) >= 11 is 0. The Balaban J connectivity index is 2.02. The van der Waals surface area contributed by atoms with Gasteiger partial charge in [0.15, 0.2) is 11.5 Å². The van der Waals surface area contributed by atoms with Crippen LogP contribution >= 0.6 is 0 Å². The molecule has 17 heavy (non-hydrogen) atoms. The topological polar surface area (TPSA) is 103 Å². The van der Waals surface area contributed by atoms with Gasteiger partial charge in [-0.25, -0.2) is 5.43 Å². The van der Waals surface area contributed by atoms with Gasteiger partial charge in [0.25, 0.3) is 0 Å². The molecule has 1 aromatic rings. The molecule has 0 saturated heterocycles. The highest BCUT2D eigenvalue weighted by Gasteiger charge is 2.12. The van der Waals surface area contributed by atoms with E-state index in [1.807, 2.05) is 5.43 Å². The van der Waals surface area contributed by atoms with Crippen LogP contribution in [-0.2, 0) is 9.59 Å². The summed E-state index contributed by atoms with van der Waals surface area (Å²) in [5, 5.41) is 3.57. The molecule has 0 bridgehead atoms. The lowest BCUT2D eigenvalue weighted by Crippen LogP contribution is -2.32. The first-order chi connectivity index (χ1) is 8.16. The summed E-state index contributed by atoms with van der Waals surface area (Å²) in [5.41, 5.74) is 7.40. The number of rotatable bonds is 2. The Labute approximate surface area is 96.2 Å². The third kappa shape index (κ3) is 2.51. The zero-order valence-corrected chi connectivity index (χ0v) is 8.67. The number of nitrogens with zero attached hydrogens (tertiary/aromatic N) is 1. The lowest BCUT2D eigenvalue weighted by atomic mass is 10.2. The minimum atomic E-state index is -1.09. The molecule has 0 aromatic heterocycles. The van der Waals surface area contributed by atoms with E-state index in [1.165, 1.54) is 6.21 Å². The largest absolute Gasteiger partial charge is 0.454 e. The quantitative estimate of drug-likeness (QED) is 0.404.